The van der Waals surface area contributed by atoms with Crippen molar-refractivity contribution in [2.24, 2.45) is 5.92 Å². The Morgan fingerprint density at radius 3 is 2.55 bits per heavy atom. The number of nitrogens with zero attached hydrogens (tertiary/aromatic N) is 1. The van der Waals surface area contributed by atoms with Crippen LogP contribution in [0.2, 0.25) is 5.02 Å². The maximum absolute atomic E-state index is 6.11. The van der Waals surface area contributed by atoms with Crippen LogP contribution >= 0.6 is 27.5 Å². The van der Waals surface area contributed by atoms with Crippen molar-refractivity contribution in [2.75, 3.05) is 26.2 Å². The number of hydrogen-bond acceptors (Lipinski definition) is 2. The Balaban J connectivity index is 1.90. The second-order valence-electron chi connectivity index (χ2n) is 5.94. The van der Waals surface area contributed by atoms with E-state index in [1.165, 1.54) is 35.7 Å². The van der Waals surface area contributed by atoms with Crippen LogP contribution in [0.15, 0.2) is 22.7 Å². The zero-order valence-electron chi connectivity index (χ0n) is 11.7. The fraction of sp³-hybridized carbons (Fsp3) is 0.625. The first-order valence-corrected chi connectivity index (χ1v) is 8.82. The van der Waals surface area contributed by atoms with E-state index in [1.54, 1.807) is 0 Å². The van der Waals surface area contributed by atoms with E-state index in [1.807, 2.05) is 12.1 Å². The van der Waals surface area contributed by atoms with E-state index in [0.29, 0.717) is 6.04 Å². The molecule has 1 aromatic carbocycles. The number of piperazine rings is 1. The van der Waals surface area contributed by atoms with Gasteiger partial charge in [-0.25, -0.2) is 0 Å². The van der Waals surface area contributed by atoms with Crippen molar-refractivity contribution < 1.29 is 0 Å². The fourth-order valence-corrected chi connectivity index (χ4v) is 4.64. The van der Waals surface area contributed by atoms with Crippen LogP contribution in [0.5, 0.6) is 0 Å². The van der Waals surface area contributed by atoms with Crippen LogP contribution in [-0.4, -0.2) is 31.1 Å². The quantitative estimate of drug-likeness (QED) is 0.870. The van der Waals surface area contributed by atoms with Crippen molar-refractivity contribution in [3.8, 4) is 0 Å². The van der Waals surface area contributed by atoms with Crippen molar-refractivity contribution >= 4 is 27.5 Å². The predicted molar refractivity (Wildman–Crippen MR) is 88.3 cm³/mol. The van der Waals surface area contributed by atoms with Gasteiger partial charge >= 0.3 is 0 Å². The van der Waals surface area contributed by atoms with Gasteiger partial charge in [-0.1, -0.05) is 46.4 Å². The molecule has 1 heterocycles. The fourth-order valence-electron chi connectivity index (χ4n) is 3.72. The average Bonchev–Trinajstić information content (AvgIpc) is 2.97. The maximum Gasteiger partial charge on any atom is 0.0417 e. The first kappa shape index (κ1) is 14.8. The number of benzene rings is 1. The molecule has 110 valence electrons. The normalized spacial score (nSPS) is 23.1. The average molecular weight is 358 g/mol. The highest BCUT2D eigenvalue weighted by molar-refractivity contribution is 9.10. The van der Waals surface area contributed by atoms with E-state index in [2.05, 4.69) is 32.2 Å². The molecule has 2 fully saturated rings. The molecule has 2 aliphatic rings. The molecule has 3 rings (SSSR count). The molecule has 20 heavy (non-hydrogen) atoms. The topological polar surface area (TPSA) is 15.3 Å². The summed E-state index contributed by atoms with van der Waals surface area (Å²) in [5.41, 5.74) is 1.42. The van der Waals surface area contributed by atoms with Crippen LogP contribution in [0.3, 0.4) is 0 Å². The molecule has 1 N–H and O–H groups in total. The van der Waals surface area contributed by atoms with Gasteiger partial charge in [0, 0.05) is 41.7 Å². The van der Waals surface area contributed by atoms with Crippen LogP contribution in [-0.2, 0) is 0 Å². The van der Waals surface area contributed by atoms with Gasteiger partial charge in [-0.15, -0.1) is 0 Å². The summed E-state index contributed by atoms with van der Waals surface area (Å²) in [6.07, 6.45) is 5.50. The molecule has 0 bridgehead atoms. The minimum atomic E-state index is 0.547. The van der Waals surface area contributed by atoms with E-state index in [4.69, 9.17) is 11.6 Å². The van der Waals surface area contributed by atoms with Crippen molar-refractivity contribution in [1.29, 1.82) is 0 Å². The number of hydrogen-bond donors (Lipinski definition) is 1. The molecule has 1 aliphatic carbocycles. The number of rotatable bonds is 3. The molecular weight excluding hydrogens is 336 g/mol. The van der Waals surface area contributed by atoms with Crippen molar-refractivity contribution in [3.05, 3.63) is 33.3 Å². The Bertz CT molecular complexity index is 454. The van der Waals surface area contributed by atoms with Crippen LogP contribution in [0.4, 0.5) is 0 Å². The van der Waals surface area contributed by atoms with Gasteiger partial charge < -0.3 is 5.32 Å². The van der Waals surface area contributed by atoms with Crippen LogP contribution in [0.1, 0.15) is 37.3 Å². The Morgan fingerprint density at radius 2 is 1.90 bits per heavy atom. The third-order valence-electron chi connectivity index (χ3n) is 4.67. The highest BCUT2D eigenvalue weighted by Crippen LogP contribution is 2.42. The standard InChI is InChI=1S/C16H22BrClN2/c17-15-11-13(18)5-6-14(15)16(12-3-1-2-4-12)20-9-7-19-8-10-20/h5-6,11-12,16,19H,1-4,7-10H2/t16-/m1/s1. The van der Waals surface area contributed by atoms with Gasteiger partial charge in [-0.3, -0.25) is 4.90 Å². The molecule has 4 heteroatoms. The third-order valence-corrected chi connectivity index (χ3v) is 5.59. The summed E-state index contributed by atoms with van der Waals surface area (Å²) in [5.74, 6) is 0.797. The summed E-state index contributed by atoms with van der Waals surface area (Å²) in [6.45, 7) is 4.51. The monoisotopic (exact) mass is 356 g/mol. The molecule has 2 nitrogen and oxygen atoms in total. The van der Waals surface area contributed by atoms with E-state index < -0.39 is 0 Å². The number of halogens is 2. The lowest BCUT2D eigenvalue weighted by Gasteiger charge is -2.39. The van der Waals surface area contributed by atoms with E-state index in [-0.39, 0.29) is 0 Å². The van der Waals surface area contributed by atoms with Crippen molar-refractivity contribution in [3.63, 3.8) is 0 Å². The third kappa shape index (κ3) is 3.22. The Labute approximate surface area is 135 Å². The first-order valence-electron chi connectivity index (χ1n) is 7.65. The predicted octanol–water partition coefficient (Wildman–Crippen LogP) is 4.24. The largest absolute Gasteiger partial charge is 0.314 e. The highest BCUT2D eigenvalue weighted by Gasteiger charge is 2.32. The van der Waals surface area contributed by atoms with E-state index in [0.717, 1.165) is 37.1 Å². The molecule has 0 spiro atoms. The summed E-state index contributed by atoms with van der Waals surface area (Å²) in [7, 11) is 0. The molecule has 0 amide bonds. The van der Waals surface area contributed by atoms with Crippen LogP contribution in [0.25, 0.3) is 0 Å². The molecule has 1 saturated heterocycles. The van der Waals surface area contributed by atoms with Gasteiger partial charge in [-0.05, 0) is 36.5 Å². The second kappa shape index (κ2) is 6.78. The molecule has 1 atom stereocenters. The maximum atomic E-state index is 6.11. The van der Waals surface area contributed by atoms with Gasteiger partial charge in [-0.2, -0.15) is 0 Å². The van der Waals surface area contributed by atoms with E-state index >= 15 is 0 Å². The number of nitrogens with one attached hydrogen (secondary N) is 1. The van der Waals surface area contributed by atoms with Crippen molar-refractivity contribution in [1.82, 2.24) is 10.2 Å². The summed E-state index contributed by atoms with van der Waals surface area (Å²) < 4.78 is 1.17. The van der Waals surface area contributed by atoms with Gasteiger partial charge in [0.05, 0.1) is 0 Å². The van der Waals surface area contributed by atoms with Crippen LogP contribution in [0, 0.1) is 5.92 Å². The summed E-state index contributed by atoms with van der Waals surface area (Å²) >= 11 is 9.85. The first-order chi connectivity index (χ1) is 9.75. The summed E-state index contributed by atoms with van der Waals surface area (Å²) in [5, 5.41) is 4.27. The minimum absolute atomic E-state index is 0.547. The zero-order chi connectivity index (χ0) is 13.9. The lowest BCUT2D eigenvalue weighted by molar-refractivity contribution is 0.125. The SMILES string of the molecule is Clc1ccc([C@@H](C2CCCC2)N2CCNCC2)c(Br)c1. The van der Waals surface area contributed by atoms with Crippen LogP contribution < -0.4 is 5.32 Å². The summed E-state index contributed by atoms with van der Waals surface area (Å²) in [4.78, 5) is 2.67. The summed E-state index contributed by atoms with van der Waals surface area (Å²) in [6, 6.07) is 6.84. The Hall–Kier alpha value is -0.0900. The van der Waals surface area contributed by atoms with Gasteiger partial charge in [0.25, 0.3) is 0 Å². The molecular formula is C16H22BrClN2. The molecule has 1 aliphatic heterocycles. The molecule has 0 radical (unpaired) electrons. The van der Waals surface area contributed by atoms with Gasteiger partial charge in [0.15, 0.2) is 0 Å². The Morgan fingerprint density at radius 1 is 1.20 bits per heavy atom. The lowest BCUT2D eigenvalue weighted by Crippen LogP contribution is -2.46. The molecule has 0 aromatic heterocycles. The Kier molecular flexibility index (Phi) is 5.03. The molecule has 0 unspecified atom stereocenters. The van der Waals surface area contributed by atoms with E-state index in [9.17, 15) is 0 Å². The second-order valence-corrected chi connectivity index (χ2v) is 7.23. The highest BCUT2D eigenvalue weighted by atomic mass is 79.9. The molecule has 1 saturated carbocycles. The smallest absolute Gasteiger partial charge is 0.0417 e. The van der Waals surface area contributed by atoms with Crippen molar-refractivity contribution in [2.45, 2.75) is 31.7 Å². The van der Waals surface area contributed by atoms with Gasteiger partial charge in [0.2, 0.25) is 0 Å². The minimum Gasteiger partial charge on any atom is -0.314 e. The molecule has 1 aromatic rings. The van der Waals surface area contributed by atoms with Gasteiger partial charge in [0.1, 0.15) is 0 Å². The zero-order valence-corrected chi connectivity index (χ0v) is 14.1. The lowest BCUT2D eigenvalue weighted by atomic mass is 9.90.